The van der Waals surface area contributed by atoms with E-state index in [0.29, 0.717) is 11.5 Å². The van der Waals surface area contributed by atoms with Crippen molar-refractivity contribution in [2.75, 3.05) is 21.3 Å². The van der Waals surface area contributed by atoms with Crippen LogP contribution < -0.4 is 19.9 Å². The summed E-state index contributed by atoms with van der Waals surface area (Å²) in [5.74, 6) is 2.14. The van der Waals surface area contributed by atoms with Crippen molar-refractivity contribution in [3.63, 3.8) is 0 Å². The number of pyridine rings is 1. The molecule has 0 spiro atoms. The lowest BCUT2D eigenvalue weighted by molar-refractivity contribution is 0.356. The van der Waals surface area contributed by atoms with E-state index in [4.69, 9.17) is 24.9 Å². The van der Waals surface area contributed by atoms with Gasteiger partial charge in [0.1, 0.15) is 5.75 Å². The third-order valence-corrected chi connectivity index (χ3v) is 4.26. The van der Waals surface area contributed by atoms with E-state index in [1.807, 2.05) is 49.4 Å². The second-order valence-electron chi connectivity index (χ2n) is 5.83. The number of aromatic nitrogens is 1. The number of nitrogens with two attached hydrogens (primary N) is 1. The van der Waals surface area contributed by atoms with E-state index in [9.17, 15) is 0 Å². The standard InChI is InChI=1S/C20H22N2O3.2ClH/c1-12-9-14-10-17(24-3)18(25-4)11-16(14)20(22-12)19(21)13-5-7-15(23-2)8-6-13;;/h5-11,19H,21H2,1-4H3;2*1H. The van der Waals surface area contributed by atoms with Crippen molar-refractivity contribution >= 4 is 35.6 Å². The second kappa shape index (κ2) is 9.65. The van der Waals surface area contributed by atoms with Crippen LogP contribution >= 0.6 is 24.8 Å². The Morgan fingerprint density at radius 2 is 1.44 bits per heavy atom. The Labute approximate surface area is 171 Å². The number of nitrogens with zero attached hydrogens (tertiary/aromatic N) is 1. The van der Waals surface area contributed by atoms with E-state index >= 15 is 0 Å². The van der Waals surface area contributed by atoms with Crippen molar-refractivity contribution in [3.8, 4) is 17.2 Å². The van der Waals surface area contributed by atoms with E-state index < -0.39 is 0 Å². The zero-order valence-electron chi connectivity index (χ0n) is 15.7. The first kappa shape index (κ1) is 22.8. The Balaban J connectivity index is 0.00000182. The zero-order valence-corrected chi connectivity index (χ0v) is 17.3. The van der Waals surface area contributed by atoms with Crippen molar-refractivity contribution in [1.82, 2.24) is 4.98 Å². The SMILES string of the molecule is COc1ccc(C(N)c2nc(C)cc3cc(OC)c(OC)cc23)cc1.Cl.Cl. The van der Waals surface area contributed by atoms with Crippen LogP contribution in [0.1, 0.15) is 23.0 Å². The smallest absolute Gasteiger partial charge is 0.161 e. The predicted molar refractivity (Wildman–Crippen MR) is 113 cm³/mol. The molecule has 1 aromatic heterocycles. The number of benzene rings is 2. The van der Waals surface area contributed by atoms with Gasteiger partial charge in [-0.15, -0.1) is 24.8 Å². The summed E-state index contributed by atoms with van der Waals surface area (Å²) in [5, 5.41) is 1.97. The lowest BCUT2D eigenvalue weighted by Gasteiger charge is -2.17. The van der Waals surface area contributed by atoms with Crippen LogP contribution in [-0.2, 0) is 0 Å². The van der Waals surface area contributed by atoms with Crippen LogP contribution in [0.15, 0.2) is 42.5 Å². The number of rotatable bonds is 5. The van der Waals surface area contributed by atoms with Gasteiger partial charge in [0, 0.05) is 11.1 Å². The number of hydrogen-bond donors (Lipinski definition) is 1. The summed E-state index contributed by atoms with van der Waals surface area (Å²) in [4.78, 5) is 4.70. The Hall–Kier alpha value is -2.21. The van der Waals surface area contributed by atoms with Crippen LogP contribution in [0.25, 0.3) is 10.8 Å². The maximum Gasteiger partial charge on any atom is 0.161 e. The summed E-state index contributed by atoms with van der Waals surface area (Å²) in [6.07, 6.45) is 0. The topological polar surface area (TPSA) is 66.6 Å². The molecule has 0 fully saturated rings. The van der Waals surface area contributed by atoms with Crippen molar-refractivity contribution in [2.45, 2.75) is 13.0 Å². The number of hydrogen-bond acceptors (Lipinski definition) is 5. The molecule has 1 atom stereocenters. The molecule has 3 aromatic rings. The molecule has 0 saturated carbocycles. The van der Waals surface area contributed by atoms with Gasteiger partial charge in [-0.1, -0.05) is 12.1 Å². The van der Waals surface area contributed by atoms with Gasteiger partial charge in [0.2, 0.25) is 0 Å². The number of halogens is 2. The molecule has 0 aliphatic heterocycles. The van der Waals surface area contributed by atoms with E-state index in [0.717, 1.165) is 33.5 Å². The molecule has 7 heteroatoms. The third-order valence-electron chi connectivity index (χ3n) is 4.26. The fourth-order valence-corrected chi connectivity index (χ4v) is 2.95. The minimum atomic E-state index is -0.355. The summed E-state index contributed by atoms with van der Waals surface area (Å²) in [5.41, 5.74) is 9.21. The first-order valence-corrected chi connectivity index (χ1v) is 8.00. The van der Waals surface area contributed by atoms with Crippen LogP contribution in [0.2, 0.25) is 0 Å². The van der Waals surface area contributed by atoms with Gasteiger partial charge in [-0.05, 0) is 48.2 Å². The molecule has 27 heavy (non-hydrogen) atoms. The molecule has 0 amide bonds. The lowest BCUT2D eigenvalue weighted by Crippen LogP contribution is -2.14. The Morgan fingerprint density at radius 3 is 2.00 bits per heavy atom. The Morgan fingerprint density at radius 1 is 0.852 bits per heavy atom. The van der Waals surface area contributed by atoms with Gasteiger partial charge in [0.15, 0.2) is 11.5 Å². The third kappa shape index (κ3) is 4.56. The number of methoxy groups -OCH3 is 3. The molecule has 0 radical (unpaired) electrons. The first-order valence-electron chi connectivity index (χ1n) is 8.00. The Kier molecular flexibility index (Phi) is 8.16. The molecule has 0 saturated heterocycles. The minimum Gasteiger partial charge on any atom is -0.497 e. The summed E-state index contributed by atoms with van der Waals surface area (Å²) in [7, 11) is 4.89. The summed E-state index contributed by atoms with van der Waals surface area (Å²) in [6.45, 7) is 1.96. The molecule has 0 bridgehead atoms. The molecule has 2 aromatic carbocycles. The Bertz CT molecular complexity index is 902. The number of aryl methyl sites for hydroxylation is 1. The van der Waals surface area contributed by atoms with Gasteiger partial charge in [-0.25, -0.2) is 0 Å². The number of fused-ring (bicyclic) bond motifs is 1. The molecule has 0 aliphatic carbocycles. The zero-order chi connectivity index (χ0) is 18.0. The van der Waals surface area contributed by atoms with Crippen molar-refractivity contribution in [2.24, 2.45) is 5.73 Å². The first-order chi connectivity index (χ1) is 12.1. The maximum atomic E-state index is 6.53. The fourth-order valence-electron chi connectivity index (χ4n) is 2.95. The molecule has 0 aliphatic rings. The van der Waals surface area contributed by atoms with Gasteiger partial charge in [0.05, 0.1) is 33.1 Å². The normalized spacial score (nSPS) is 11.1. The van der Waals surface area contributed by atoms with Crippen molar-refractivity contribution < 1.29 is 14.2 Å². The highest BCUT2D eigenvalue weighted by Crippen LogP contribution is 2.36. The molecule has 1 heterocycles. The van der Waals surface area contributed by atoms with Crippen LogP contribution in [0.3, 0.4) is 0 Å². The van der Waals surface area contributed by atoms with Crippen LogP contribution in [0, 0.1) is 6.92 Å². The average Bonchev–Trinajstić information content (AvgIpc) is 2.65. The average molecular weight is 411 g/mol. The predicted octanol–water partition coefficient (Wildman–Crippen LogP) is 4.46. The van der Waals surface area contributed by atoms with Crippen LogP contribution in [0.4, 0.5) is 0 Å². The maximum absolute atomic E-state index is 6.53. The van der Waals surface area contributed by atoms with Gasteiger partial charge in [-0.2, -0.15) is 0 Å². The van der Waals surface area contributed by atoms with Gasteiger partial charge in [-0.3, -0.25) is 4.98 Å². The highest BCUT2D eigenvalue weighted by atomic mass is 35.5. The quantitative estimate of drug-likeness (QED) is 0.672. The van der Waals surface area contributed by atoms with Crippen molar-refractivity contribution in [1.29, 1.82) is 0 Å². The van der Waals surface area contributed by atoms with E-state index in [-0.39, 0.29) is 30.9 Å². The molecule has 5 nitrogen and oxygen atoms in total. The second-order valence-corrected chi connectivity index (χ2v) is 5.83. The fraction of sp³-hybridized carbons (Fsp3) is 0.250. The molecule has 3 rings (SSSR count). The van der Waals surface area contributed by atoms with E-state index in [1.165, 1.54) is 0 Å². The highest BCUT2D eigenvalue weighted by Gasteiger charge is 2.17. The molecular weight excluding hydrogens is 387 g/mol. The van der Waals surface area contributed by atoms with Crippen LogP contribution in [-0.4, -0.2) is 26.3 Å². The van der Waals surface area contributed by atoms with Gasteiger partial charge in [0.25, 0.3) is 0 Å². The van der Waals surface area contributed by atoms with E-state index in [1.54, 1.807) is 21.3 Å². The largest absolute Gasteiger partial charge is 0.497 e. The molecule has 1 unspecified atom stereocenters. The van der Waals surface area contributed by atoms with Gasteiger partial charge < -0.3 is 19.9 Å². The summed E-state index contributed by atoms with van der Waals surface area (Å²) in [6, 6.07) is 13.3. The minimum absolute atomic E-state index is 0. The monoisotopic (exact) mass is 410 g/mol. The lowest BCUT2D eigenvalue weighted by atomic mass is 9.98. The molecule has 146 valence electrons. The summed E-state index contributed by atoms with van der Waals surface area (Å²) < 4.78 is 16.1. The van der Waals surface area contributed by atoms with E-state index in [2.05, 4.69) is 0 Å². The highest BCUT2D eigenvalue weighted by molar-refractivity contribution is 5.89. The van der Waals surface area contributed by atoms with Gasteiger partial charge >= 0.3 is 0 Å². The number of ether oxygens (including phenoxy) is 3. The van der Waals surface area contributed by atoms with Crippen molar-refractivity contribution in [3.05, 3.63) is 59.4 Å². The molecule has 2 N–H and O–H groups in total. The molecular formula is C20H24Cl2N2O3. The van der Waals surface area contributed by atoms with Crippen LogP contribution in [0.5, 0.6) is 17.2 Å². The summed E-state index contributed by atoms with van der Waals surface area (Å²) >= 11 is 0.